The fourth-order valence-corrected chi connectivity index (χ4v) is 4.12. The third kappa shape index (κ3) is 4.22. The summed E-state index contributed by atoms with van der Waals surface area (Å²) in [6, 6.07) is 9.08. The van der Waals surface area contributed by atoms with Gasteiger partial charge in [-0.2, -0.15) is 5.10 Å². The van der Waals surface area contributed by atoms with Crippen LogP contribution in [0.25, 0.3) is 11.3 Å². The first-order valence-corrected chi connectivity index (χ1v) is 10.4. The molecule has 0 unspecified atom stereocenters. The van der Waals surface area contributed by atoms with Crippen LogP contribution in [0, 0.1) is 11.8 Å². The van der Waals surface area contributed by atoms with Crippen molar-refractivity contribution >= 4 is 5.91 Å². The number of carbonyl (C=O) groups is 1. The van der Waals surface area contributed by atoms with Gasteiger partial charge >= 0.3 is 0 Å². The molecule has 1 aromatic carbocycles. The Balaban J connectivity index is 1.48. The number of phenolic OH excluding ortho intramolecular Hbond substituents is 1. The van der Waals surface area contributed by atoms with Crippen molar-refractivity contribution in [3.05, 3.63) is 36.0 Å². The van der Waals surface area contributed by atoms with E-state index in [0.29, 0.717) is 23.3 Å². The Kier molecular flexibility index (Phi) is 5.40. The quantitative estimate of drug-likeness (QED) is 0.832. The Bertz CT molecular complexity index is 810. The molecule has 6 nitrogen and oxygen atoms in total. The molecule has 2 N–H and O–H groups in total. The van der Waals surface area contributed by atoms with Crippen molar-refractivity contribution in [1.29, 1.82) is 0 Å². The zero-order valence-corrected chi connectivity index (χ0v) is 16.8. The molecule has 0 spiro atoms. The summed E-state index contributed by atoms with van der Waals surface area (Å²) in [6.45, 7) is 8.34. The van der Waals surface area contributed by atoms with E-state index in [1.807, 2.05) is 11.0 Å². The van der Waals surface area contributed by atoms with Crippen LogP contribution in [0.1, 0.15) is 43.6 Å². The number of hydrogen-bond donors (Lipinski definition) is 2. The van der Waals surface area contributed by atoms with E-state index in [9.17, 15) is 9.90 Å². The number of carbonyl (C=O) groups excluding carboxylic acids is 1. The lowest BCUT2D eigenvalue weighted by atomic mass is 10.0. The molecule has 2 heterocycles. The van der Waals surface area contributed by atoms with E-state index in [1.54, 1.807) is 24.3 Å². The highest BCUT2D eigenvalue weighted by atomic mass is 16.3. The van der Waals surface area contributed by atoms with Crippen molar-refractivity contribution in [3.8, 4) is 17.0 Å². The van der Waals surface area contributed by atoms with Gasteiger partial charge in [0.1, 0.15) is 11.4 Å². The van der Waals surface area contributed by atoms with Crippen LogP contribution in [0.15, 0.2) is 30.3 Å². The van der Waals surface area contributed by atoms with Gasteiger partial charge in [-0.25, -0.2) is 0 Å². The van der Waals surface area contributed by atoms with Crippen LogP contribution in [0.2, 0.25) is 0 Å². The lowest BCUT2D eigenvalue weighted by Crippen LogP contribution is -2.46. The molecule has 150 valence electrons. The molecule has 1 aliphatic carbocycles. The maximum absolute atomic E-state index is 13.2. The summed E-state index contributed by atoms with van der Waals surface area (Å²) in [5.74, 6) is 1.62. The van der Waals surface area contributed by atoms with E-state index >= 15 is 0 Å². The Hall–Kier alpha value is -2.34. The fourth-order valence-electron chi connectivity index (χ4n) is 4.12. The second-order valence-electron chi connectivity index (χ2n) is 8.57. The Morgan fingerprint density at radius 2 is 2.00 bits per heavy atom. The lowest BCUT2D eigenvalue weighted by Gasteiger charge is -2.34. The summed E-state index contributed by atoms with van der Waals surface area (Å²) >= 11 is 0. The molecule has 2 fully saturated rings. The number of amides is 1. The number of H-pyrrole nitrogens is 1. The van der Waals surface area contributed by atoms with Gasteiger partial charge in [0.25, 0.3) is 5.91 Å². The highest BCUT2D eigenvalue weighted by molar-refractivity contribution is 5.93. The van der Waals surface area contributed by atoms with Crippen molar-refractivity contribution in [2.45, 2.75) is 39.2 Å². The van der Waals surface area contributed by atoms with E-state index in [0.717, 1.165) is 37.5 Å². The number of benzene rings is 1. The Morgan fingerprint density at radius 1 is 1.25 bits per heavy atom. The highest BCUT2D eigenvalue weighted by Gasteiger charge is 2.33. The van der Waals surface area contributed by atoms with Gasteiger partial charge in [0.15, 0.2) is 0 Å². The van der Waals surface area contributed by atoms with Gasteiger partial charge in [-0.15, -0.1) is 0 Å². The minimum atomic E-state index is 0.0245. The predicted molar refractivity (Wildman–Crippen MR) is 109 cm³/mol. The molecule has 1 aliphatic heterocycles. The number of nitrogens with zero attached hydrogens (tertiary/aromatic N) is 3. The molecule has 0 radical (unpaired) electrons. The van der Waals surface area contributed by atoms with Crippen molar-refractivity contribution < 1.29 is 9.90 Å². The van der Waals surface area contributed by atoms with Crippen molar-refractivity contribution in [1.82, 2.24) is 20.0 Å². The minimum absolute atomic E-state index is 0.0245. The molecule has 2 aliphatic rings. The first kappa shape index (κ1) is 19.0. The predicted octanol–water partition coefficient (Wildman–Crippen LogP) is 3.36. The standard InChI is InChI=1S/C22H30N4O2/c1-15(2)21-14-26(11-3-10-25(21)13-16-4-5-16)22(28)20-12-19(23-24-20)17-6-8-18(27)9-7-17/h6-9,12,15-16,21,27H,3-5,10-11,13-14H2,1-2H3,(H,23,24)/t21-/m1/s1. The molecule has 1 atom stereocenters. The monoisotopic (exact) mass is 382 g/mol. The van der Waals surface area contributed by atoms with Gasteiger partial charge in [0.2, 0.25) is 0 Å². The molecule has 2 aromatic rings. The van der Waals surface area contributed by atoms with Gasteiger partial charge in [-0.3, -0.25) is 14.8 Å². The lowest BCUT2D eigenvalue weighted by molar-refractivity contribution is 0.0698. The van der Waals surface area contributed by atoms with Crippen LogP contribution in [-0.4, -0.2) is 63.2 Å². The summed E-state index contributed by atoms with van der Waals surface area (Å²) in [5.41, 5.74) is 2.12. The second kappa shape index (κ2) is 7.95. The van der Waals surface area contributed by atoms with Crippen LogP contribution < -0.4 is 0 Å². The van der Waals surface area contributed by atoms with E-state index in [-0.39, 0.29) is 11.7 Å². The molecule has 0 bridgehead atoms. The maximum atomic E-state index is 13.2. The smallest absolute Gasteiger partial charge is 0.271 e. The highest BCUT2D eigenvalue weighted by Crippen LogP contribution is 2.32. The molecule has 1 saturated carbocycles. The summed E-state index contributed by atoms with van der Waals surface area (Å²) in [7, 11) is 0. The topological polar surface area (TPSA) is 72.5 Å². The van der Waals surface area contributed by atoms with Gasteiger partial charge < -0.3 is 10.0 Å². The molecule has 4 rings (SSSR count). The van der Waals surface area contributed by atoms with Crippen molar-refractivity contribution in [2.75, 3.05) is 26.2 Å². The molecule has 28 heavy (non-hydrogen) atoms. The molecule has 1 amide bonds. The van der Waals surface area contributed by atoms with Gasteiger partial charge in [-0.05, 0) is 61.4 Å². The number of aromatic hydroxyl groups is 1. The van der Waals surface area contributed by atoms with Gasteiger partial charge in [0, 0.05) is 37.8 Å². The van der Waals surface area contributed by atoms with Gasteiger partial charge in [0.05, 0.1) is 5.69 Å². The van der Waals surface area contributed by atoms with E-state index < -0.39 is 0 Å². The van der Waals surface area contributed by atoms with E-state index in [4.69, 9.17) is 0 Å². The van der Waals surface area contributed by atoms with Crippen LogP contribution >= 0.6 is 0 Å². The van der Waals surface area contributed by atoms with Gasteiger partial charge in [-0.1, -0.05) is 13.8 Å². The maximum Gasteiger partial charge on any atom is 0.271 e. The Morgan fingerprint density at radius 3 is 2.68 bits per heavy atom. The average molecular weight is 383 g/mol. The minimum Gasteiger partial charge on any atom is -0.508 e. The van der Waals surface area contributed by atoms with E-state index in [1.165, 1.54) is 19.4 Å². The number of phenols is 1. The number of nitrogens with one attached hydrogen (secondary N) is 1. The summed E-state index contributed by atoms with van der Waals surface area (Å²) < 4.78 is 0. The SMILES string of the molecule is CC(C)[C@H]1CN(C(=O)c2cc(-c3ccc(O)cc3)n[nH]2)CCCN1CC1CC1. The summed E-state index contributed by atoms with van der Waals surface area (Å²) in [5, 5.41) is 16.7. The second-order valence-corrected chi connectivity index (χ2v) is 8.57. The molecular formula is C22H30N4O2. The van der Waals surface area contributed by atoms with Crippen LogP contribution in [0.5, 0.6) is 5.75 Å². The van der Waals surface area contributed by atoms with Crippen molar-refractivity contribution in [3.63, 3.8) is 0 Å². The van der Waals surface area contributed by atoms with Crippen LogP contribution in [0.3, 0.4) is 0 Å². The fraction of sp³-hybridized carbons (Fsp3) is 0.545. The summed E-state index contributed by atoms with van der Waals surface area (Å²) in [6.07, 6.45) is 3.73. The number of aromatic nitrogens is 2. The average Bonchev–Trinajstić information content (AvgIpc) is 3.41. The third-order valence-electron chi connectivity index (χ3n) is 5.97. The Labute approximate surface area is 166 Å². The third-order valence-corrected chi connectivity index (χ3v) is 5.97. The summed E-state index contributed by atoms with van der Waals surface area (Å²) in [4.78, 5) is 17.8. The molecule has 6 heteroatoms. The normalized spacial score (nSPS) is 21.1. The molecule has 1 saturated heterocycles. The zero-order valence-electron chi connectivity index (χ0n) is 16.8. The first-order valence-electron chi connectivity index (χ1n) is 10.4. The molecule has 1 aromatic heterocycles. The number of rotatable bonds is 5. The molecular weight excluding hydrogens is 352 g/mol. The van der Waals surface area contributed by atoms with Crippen LogP contribution in [0.4, 0.5) is 0 Å². The number of hydrogen-bond acceptors (Lipinski definition) is 4. The zero-order chi connectivity index (χ0) is 19.7. The number of aromatic amines is 1. The van der Waals surface area contributed by atoms with Crippen molar-refractivity contribution in [2.24, 2.45) is 11.8 Å². The van der Waals surface area contributed by atoms with E-state index in [2.05, 4.69) is 28.9 Å². The van der Waals surface area contributed by atoms with Crippen LogP contribution in [-0.2, 0) is 0 Å². The first-order chi connectivity index (χ1) is 13.5. The largest absolute Gasteiger partial charge is 0.508 e.